The molecule has 33 heavy (non-hydrogen) atoms. The molecule has 0 spiro atoms. The summed E-state index contributed by atoms with van der Waals surface area (Å²) in [5, 5.41) is 2.20. The molecular weight excluding hydrogens is 408 g/mol. The summed E-state index contributed by atoms with van der Waals surface area (Å²) in [5.41, 5.74) is 6.61. The zero-order valence-corrected chi connectivity index (χ0v) is 18.0. The maximum atomic E-state index is 4.47. The van der Waals surface area contributed by atoms with Crippen LogP contribution in [0.15, 0.2) is 96.9 Å². The van der Waals surface area contributed by atoms with Gasteiger partial charge in [-0.2, -0.15) is 0 Å². The third kappa shape index (κ3) is 2.43. The van der Waals surface area contributed by atoms with Gasteiger partial charge in [-0.25, -0.2) is 0 Å². The van der Waals surface area contributed by atoms with Gasteiger partial charge in [-0.3, -0.25) is 19.9 Å². The molecule has 6 nitrogen and oxygen atoms in total. The van der Waals surface area contributed by atoms with Gasteiger partial charge in [0, 0.05) is 83.0 Å². The topological polar surface area (TPSA) is 59.2 Å². The van der Waals surface area contributed by atoms with Crippen LogP contribution in [0.25, 0.3) is 27.5 Å². The fraction of sp³-hybridized carbons (Fsp3) is 0.111. The van der Waals surface area contributed by atoms with E-state index in [0.29, 0.717) is 0 Å². The third-order valence-corrected chi connectivity index (χ3v) is 6.96. The van der Waals surface area contributed by atoms with Gasteiger partial charge in [0.1, 0.15) is 0 Å². The second-order valence-corrected chi connectivity index (χ2v) is 8.75. The minimum atomic E-state index is -0.224. The third-order valence-electron chi connectivity index (χ3n) is 6.96. The lowest BCUT2D eigenvalue weighted by atomic mass is 9.79. The monoisotopic (exact) mass is 428 g/mol. The molecule has 4 aromatic heterocycles. The molecule has 0 saturated carbocycles. The lowest BCUT2D eigenvalue weighted by Crippen LogP contribution is -2.41. The quantitative estimate of drug-likeness (QED) is 0.381. The van der Waals surface area contributed by atoms with E-state index in [9.17, 15) is 0 Å². The van der Waals surface area contributed by atoms with Crippen molar-refractivity contribution < 1.29 is 0 Å². The Morgan fingerprint density at radius 1 is 0.818 bits per heavy atom. The predicted molar refractivity (Wildman–Crippen MR) is 132 cm³/mol. The van der Waals surface area contributed by atoms with Crippen LogP contribution in [0, 0.1) is 0 Å². The Balaban J connectivity index is 1.46. The van der Waals surface area contributed by atoms with Crippen LogP contribution < -0.4 is 4.90 Å². The molecule has 0 amide bonds. The maximum absolute atomic E-state index is 4.47. The SMILES string of the molecule is CC12C=NC=CC1N(c1cccc(-n3c4ccncc4c4cnccc43)c1)c1ccncc12. The standard InChI is InChI=1S/C27H20N6/c1-27-17-31-12-8-26(27)33(25-7-11-30-16-22(25)27)19-4-2-3-18(13-19)32-23-5-9-28-14-20(23)21-15-29-10-6-24(21)32/h2-17,26H,1H3. The molecule has 6 heteroatoms. The van der Waals surface area contributed by atoms with Gasteiger partial charge >= 0.3 is 0 Å². The van der Waals surface area contributed by atoms with E-state index in [1.807, 2.05) is 43.4 Å². The molecule has 7 rings (SSSR count). The Labute approximate surface area is 190 Å². The van der Waals surface area contributed by atoms with Crippen molar-refractivity contribution >= 4 is 39.4 Å². The highest BCUT2D eigenvalue weighted by Gasteiger charge is 2.47. The summed E-state index contributed by atoms with van der Waals surface area (Å²) in [4.78, 5) is 20.0. The van der Waals surface area contributed by atoms with Crippen molar-refractivity contribution in [2.24, 2.45) is 4.99 Å². The second-order valence-electron chi connectivity index (χ2n) is 8.75. The van der Waals surface area contributed by atoms with E-state index in [-0.39, 0.29) is 11.5 Å². The van der Waals surface area contributed by atoms with E-state index < -0.39 is 0 Å². The van der Waals surface area contributed by atoms with E-state index in [1.54, 1.807) is 0 Å². The number of rotatable bonds is 2. The van der Waals surface area contributed by atoms with E-state index in [2.05, 4.69) is 91.1 Å². The lowest BCUT2D eigenvalue weighted by molar-refractivity contribution is 0.595. The summed E-state index contributed by atoms with van der Waals surface area (Å²) in [5.74, 6) is 0. The van der Waals surface area contributed by atoms with Gasteiger partial charge in [0.25, 0.3) is 0 Å². The molecule has 1 aromatic carbocycles. The average Bonchev–Trinajstić information content (AvgIpc) is 3.34. The molecule has 0 bridgehead atoms. The number of benzene rings is 1. The van der Waals surface area contributed by atoms with Crippen molar-refractivity contribution in [3.05, 3.63) is 97.5 Å². The number of hydrogen-bond donors (Lipinski definition) is 0. The van der Waals surface area contributed by atoms with Crippen LogP contribution >= 0.6 is 0 Å². The van der Waals surface area contributed by atoms with Gasteiger partial charge in [-0.15, -0.1) is 0 Å². The Hall–Kier alpha value is -4.32. The molecule has 0 N–H and O–H groups in total. The molecule has 158 valence electrons. The molecule has 2 atom stereocenters. The number of pyridine rings is 3. The minimum Gasteiger partial charge on any atom is -0.333 e. The number of nitrogens with zero attached hydrogens (tertiary/aromatic N) is 6. The first-order valence-electron chi connectivity index (χ1n) is 11.0. The van der Waals surface area contributed by atoms with Crippen molar-refractivity contribution in [1.82, 2.24) is 19.5 Å². The largest absolute Gasteiger partial charge is 0.333 e. The lowest BCUT2D eigenvalue weighted by Gasteiger charge is -2.34. The first kappa shape index (κ1) is 18.3. The molecule has 2 aliphatic rings. The zero-order valence-electron chi connectivity index (χ0n) is 18.0. The van der Waals surface area contributed by atoms with Crippen molar-refractivity contribution in [3.8, 4) is 5.69 Å². The van der Waals surface area contributed by atoms with E-state index in [0.717, 1.165) is 33.2 Å². The summed E-state index contributed by atoms with van der Waals surface area (Å²) in [7, 11) is 0. The fourth-order valence-electron chi connectivity index (χ4n) is 5.42. The van der Waals surface area contributed by atoms with E-state index >= 15 is 0 Å². The van der Waals surface area contributed by atoms with Crippen LogP contribution in [-0.2, 0) is 5.41 Å². The highest BCUT2D eigenvalue weighted by atomic mass is 15.2. The van der Waals surface area contributed by atoms with Crippen LogP contribution in [0.4, 0.5) is 11.4 Å². The van der Waals surface area contributed by atoms with Crippen LogP contribution in [0.3, 0.4) is 0 Å². The van der Waals surface area contributed by atoms with Gasteiger partial charge in [-0.05, 0) is 49.4 Å². The van der Waals surface area contributed by atoms with Gasteiger partial charge in [-0.1, -0.05) is 6.07 Å². The molecule has 5 aromatic rings. The highest BCUT2D eigenvalue weighted by Crippen LogP contribution is 2.49. The molecule has 0 saturated heterocycles. The Morgan fingerprint density at radius 3 is 2.30 bits per heavy atom. The molecule has 2 aliphatic heterocycles. The maximum Gasteiger partial charge on any atom is 0.0685 e. The van der Waals surface area contributed by atoms with E-state index in [4.69, 9.17) is 0 Å². The number of fused-ring (bicyclic) bond motifs is 6. The van der Waals surface area contributed by atoms with Crippen LogP contribution in [0.5, 0.6) is 0 Å². The minimum absolute atomic E-state index is 0.135. The second kappa shape index (κ2) is 6.59. The summed E-state index contributed by atoms with van der Waals surface area (Å²) >= 11 is 0. The van der Waals surface area contributed by atoms with Gasteiger partial charge in [0.2, 0.25) is 0 Å². The first-order valence-corrected chi connectivity index (χ1v) is 11.0. The Kier molecular flexibility index (Phi) is 3.65. The number of aliphatic imine (C=N–C) groups is 1. The molecule has 0 fully saturated rings. The fourth-order valence-corrected chi connectivity index (χ4v) is 5.42. The normalized spacial score (nSPS) is 21.0. The van der Waals surface area contributed by atoms with E-state index in [1.165, 1.54) is 11.3 Å². The molecular formula is C27H20N6. The van der Waals surface area contributed by atoms with Crippen molar-refractivity contribution in [2.75, 3.05) is 4.90 Å². The van der Waals surface area contributed by atoms with Crippen molar-refractivity contribution in [3.63, 3.8) is 0 Å². The van der Waals surface area contributed by atoms with Gasteiger partial charge in [0.15, 0.2) is 0 Å². The summed E-state index contributed by atoms with van der Waals surface area (Å²) < 4.78 is 2.29. The van der Waals surface area contributed by atoms with Crippen molar-refractivity contribution in [2.45, 2.75) is 18.4 Å². The van der Waals surface area contributed by atoms with Crippen LogP contribution in [0.2, 0.25) is 0 Å². The van der Waals surface area contributed by atoms with Gasteiger partial charge in [0.05, 0.1) is 22.5 Å². The summed E-state index contributed by atoms with van der Waals surface area (Å²) in [6, 6.07) is 15.1. The van der Waals surface area contributed by atoms with Crippen LogP contribution in [-0.4, -0.2) is 31.8 Å². The van der Waals surface area contributed by atoms with Gasteiger partial charge < -0.3 is 9.47 Å². The molecule has 0 radical (unpaired) electrons. The molecule has 0 aliphatic carbocycles. The number of hydrogen-bond acceptors (Lipinski definition) is 5. The molecule has 2 unspecified atom stereocenters. The highest BCUT2D eigenvalue weighted by molar-refractivity contribution is 6.08. The van der Waals surface area contributed by atoms with Crippen LogP contribution in [0.1, 0.15) is 12.5 Å². The zero-order chi connectivity index (χ0) is 22.0. The predicted octanol–water partition coefficient (Wildman–Crippen LogP) is 5.34. The number of anilines is 2. The summed E-state index contributed by atoms with van der Waals surface area (Å²) in [6.07, 6.45) is 17.5. The Morgan fingerprint density at radius 2 is 1.52 bits per heavy atom. The van der Waals surface area contributed by atoms with Crippen molar-refractivity contribution in [1.29, 1.82) is 0 Å². The number of aromatic nitrogens is 4. The Bertz CT molecular complexity index is 1560. The first-order chi connectivity index (χ1) is 16.3. The smallest absolute Gasteiger partial charge is 0.0685 e. The molecule has 6 heterocycles. The summed E-state index contributed by atoms with van der Waals surface area (Å²) in [6.45, 7) is 2.24. The average molecular weight is 428 g/mol.